The van der Waals surface area contributed by atoms with Crippen LogP contribution in [-0.4, -0.2) is 40.6 Å². The van der Waals surface area contributed by atoms with Crippen molar-refractivity contribution in [2.75, 3.05) is 30.8 Å². The Labute approximate surface area is 132 Å². The summed E-state index contributed by atoms with van der Waals surface area (Å²) in [6.07, 6.45) is 1.41. The van der Waals surface area contributed by atoms with Crippen LogP contribution in [0, 0.1) is 0 Å². The molecular weight excluding hydrogens is 326 g/mol. The Balaban J connectivity index is 2.28. The van der Waals surface area contributed by atoms with E-state index < -0.39 is 16.0 Å². The third kappa shape index (κ3) is 3.37. The van der Waals surface area contributed by atoms with Crippen LogP contribution in [0.25, 0.3) is 0 Å². The Kier molecular flexibility index (Phi) is 4.67. The molecule has 0 fully saturated rings. The summed E-state index contributed by atoms with van der Waals surface area (Å²) in [6.45, 7) is 0. The van der Waals surface area contributed by atoms with Gasteiger partial charge in [0.25, 0.3) is 10.0 Å². The molecule has 0 bridgehead atoms. The molecule has 0 spiro atoms. The average Bonchev–Trinajstić information content (AvgIpc) is 2.97. The highest BCUT2D eigenvalue weighted by atomic mass is 32.2. The minimum absolute atomic E-state index is 0.0351. The summed E-state index contributed by atoms with van der Waals surface area (Å²) < 4.78 is 31.7. The van der Waals surface area contributed by atoms with Gasteiger partial charge in [0, 0.05) is 14.1 Å². The van der Waals surface area contributed by atoms with Gasteiger partial charge in [0.05, 0.1) is 19.0 Å². The number of aromatic nitrogens is 1. The lowest BCUT2D eigenvalue weighted by Crippen LogP contribution is -2.16. The number of thiophene rings is 1. The fraction of sp³-hybridized carbons (Fsp3) is 0.231. The van der Waals surface area contributed by atoms with Gasteiger partial charge in [-0.25, -0.2) is 18.2 Å². The molecular formula is C13H15N3O4S2. The monoisotopic (exact) mass is 341 g/mol. The number of sulfonamides is 1. The number of nitrogens with one attached hydrogen (secondary N) is 1. The lowest BCUT2D eigenvalue weighted by atomic mass is 10.4. The molecule has 0 saturated heterocycles. The van der Waals surface area contributed by atoms with Crippen LogP contribution in [0.2, 0.25) is 0 Å². The molecule has 0 saturated carbocycles. The maximum Gasteiger partial charge on any atom is 0.349 e. The van der Waals surface area contributed by atoms with Crippen LogP contribution in [0.1, 0.15) is 9.67 Å². The summed E-state index contributed by atoms with van der Waals surface area (Å²) in [7, 11) is 0.988. The summed E-state index contributed by atoms with van der Waals surface area (Å²) in [4.78, 5) is 17.4. The first-order valence-electron chi connectivity index (χ1n) is 6.17. The molecule has 9 heteroatoms. The molecule has 2 heterocycles. The predicted molar refractivity (Wildman–Crippen MR) is 85.0 cm³/mol. The number of esters is 1. The van der Waals surface area contributed by atoms with Crippen molar-refractivity contribution in [3.63, 3.8) is 0 Å². The summed E-state index contributed by atoms with van der Waals surface area (Å²) >= 11 is 1.01. The van der Waals surface area contributed by atoms with Crippen LogP contribution in [0.4, 0.5) is 11.5 Å². The van der Waals surface area contributed by atoms with Crippen LogP contribution < -0.4 is 9.62 Å². The second-order valence-corrected chi connectivity index (χ2v) is 7.08. The first kappa shape index (κ1) is 16.2. The van der Waals surface area contributed by atoms with Gasteiger partial charge < -0.3 is 9.64 Å². The normalized spacial score (nSPS) is 11.0. The Morgan fingerprint density at radius 1 is 1.32 bits per heavy atom. The molecule has 0 radical (unpaired) electrons. The lowest BCUT2D eigenvalue weighted by molar-refractivity contribution is 0.0602. The summed E-state index contributed by atoms with van der Waals surface area (Å²) in [5.74, 6) is 0.0187. The number of rotatable bonds is 5. The van der Waals surface area contributed by atoms with Crippen molar-refractivity contribution in [1.29, 1.82) is 0 Å². The van der Waals surface area contributed by atoms with E-state index >= 15 is 0 Å². The molecule has 0 aliphatic heterocycles. The van der Waals surface area contributed by atoms with E-state index in [9.17, 15) is 13.2 Å². The summed E-state index contributed by atoms with van der Waals surface area (Å²) in [6, 6.07) is 4.65. The number of methoxy groups -OCH3 is 1. The van der Waals surface area contributed by atoms with Crippen molar-refractivity contribution < 1.29 is 17.9 Å². The van der Waals surface area contributed by atoms with E-state index in [0.717, 1.165) is 11.3 Å². The molecule has 0 atom stereocenters. The van der Waals surface area contributed by atoms with Crippen LogP contribution >= 0.6 is 11.3 Å². The van der Waals surface area contributed by atoms with E-state index in [2.05, 4.69) is 14.4 Å². The van der Waals surface area contributed by atoms with Gasteiger partial charge in [-0.05, 0) is 23.6 Å². The molecule has 1 N–H and O–H groups in total. The molecule has 2 aromatic rings. The second-order valence-electron chi connectivity index (χ2n) is 4.51. The van der Waals surface area contributed by atoms with Crippen molar-refractivity contribution >= 4 is 38.8 Å². The first-order chi connectivity index (χ1) is 10.3. The minimum Gasteiger partial charge on any atom is -0.465 e. The molecule has 0 aromatic carbocycles. The Morgan fingerprint density at radius 2 is 2.05 bits per heavy atom. The van der Waals surface area contributed by atoms with Gasteiger partial charge in [0.15, 0.2) is 0 Å². The SMILES string of the molecule is COC(=O)c1sccc1S(=O)(=O)Nc1ccc(N(C)C)nc1. The molecule has 118 valence electrons. The van der Waals surface area contributed by atoms with E-state index in [1.54, 1.807) is 17.0 Å². The molecule has 0 unspecified atom stereocenters. The predicted octanol–water partition coefficient (Wildman–Crippen LogP) is 1.80. The highest BCUT2D eigenvalue weighted by Gasteiger charge is 2.24. The number of ether oxygens (including phenoxy) is 1. The zero-order valence-electron chi connectivity index (χ0n) is 12.2. The largest absolute Gasteiger partial charge is 0.465 e. The Morgan fingerprint density at radius 3 is 2.59 bits per heavy atom. The van der Waals surface area contributed by atoms with Gasteiger partial charge >= 0.3 is 5.97 Å². The van der Waals surface area contributed by atoms with Gasteiger partial charge in [-0.3, -0.25) is 4.72 Å². The second kappa shape index (κ2) is 6.32. The van der Waals surface area contributed by atoms with Crippen molar-refractivity contribution in [2.24, 2.45) is 0 Å². The molecule has 0 amide bonds. The highest BCUT2D eigenvalue weighted by molar-refractivity contribution is 7.93. The lowest BCUT2D eigenvalue weighted by Gasteiger charge is -2.12. The average molecular weight is 341 g/mol. The number of anilines is 2. The van der Waals surface area contributed by atoms with Crippen molar-refractivity contribution in [2.45, 2.75) is 4.90 Å². The van der Waals surface area contributed by atoms with Crippen LogP contribution in [-0.2, 0) is 14.8 Å². The fourth-order valence-corrected chi connectivity index (χ4v) is 4.05. The topological polar surface area (TPSA) is 88.6 Å². The maximum absolute atomic E-state index is 12.4. The van der Waals surface area contributed by atoms with E-state index in [0.29, 0.717) is 11.5 Å². The molecule has 0 aliphatic rings. The van der Waals surface area contributed by atoms with Crippen LogP contribution in [0.3, 0.4) is 0 Å². The zero-order valence-corrected chi connectivity index (χ0v) is 13.9. The number of hydrogen-bond acceptors (Lipinski definition) is 7. The Bertz CT molecular complexity index is 767. The van der Waals surface area contributed by atoms with Gasteiger partial charge in [0.2, 0.25) is 0 Å². The maximum atomic E-state index is 12.4. The van der Waals surface area contributed by atoms with E-state index in [4.69, 9.17) is 0 Å². The fourth-order valence-electron chi connectivity index (χ4n) is 1.67. The summed E-state index contributed by atoms with van der Waals surface area (Å²) in [5.41, 5.74) is 0.313. The highest BCUT2D eigenvalue weighted by Crippen LogP contribution is 2.25. The number of pyridine rings is 1. The molecule has 0 aliphatic carbocycles. The molecule has 2 aromatic heterocycles. The molecule has 2 rings (SSSR count). The molecule has 22 heavy (non-hydrogen) atoms. The number of carbonyl (C=O) groups excluding carboxylic acids is 1. The third-order valence-electron chi connectivity index (χ3n) is 2.75. The quantitative estimate of drug-likeness (QED) is 0.834. The van der Waals surface area contributed by atoms with Crippen LogP contribution in [0.5, 0.6) is 0 Å². The van der Waals surface area contributed by atoms with Crippen molar-refractivity contribution in [3.8, 4) is 0 Å². The standard InChI is InChI=1S/C13H15N3O4S2/c1-16(2)11-5-4-9(8-14-11)15-22(18,19)10-6-7-21-12(10)13(17)20-3/h4-8,15H,1-3H3. The van der Waals surface area contributed by atoms with Crippen molar-refractivity contribution in [1.82, 2.24) is 4.98 Å². The first-order valence-corrected chi connectivity index (χ1v) is 8.53. The number of carbonyl (C=O) groups is 1. The number of nitrogens with zero attached hydrogens (tertiary/aromatic N) is 2. The van der Waals surface area contributed by atoms with E-state index in [1.807, 2.05) is 14.1 Å². The zero-order chi connectivity index (χ0) is 16.3. The molecule has 7 nitrogen and oxygen atoms in total. The van der Waals surface area contributed by atoms with E-state index in [-0.39, 0.29) is 9.77 Å². The van der Waals surface area contributed by atoms with Crippen LogP contribution in [0.15, 0.2) is 34.7 Å². The number of hydrogen-bond donors (Lipinski definition) is 1. The Hall–Kier alpha value is -2.13. The van der Waals surface area contributed by atoms with Gasteiger partial charge in [-0.15, -0.1) is 11.3 Å². The minimum atomic E-state index is -3.88. The smallest absolute Gasteiger partial charge is 0.349 e. The third-order valence-corrected chi connectivity index (χ3v) is 5.20. The van der Waals surface area contributed by atoms with Gasteiger partial charge in [0.1, 0.15) is 15.6 Å². The van der Waals surface area contributed by atoms with Crippen molar-refractivity contribution in [3.05, 3.63) is 34.7 Å². The van der Waals surface area contributed by atoms with E-state index in [1.165, 1.54) is 24.8 Å². The van der Waals surface area contributed by atoms with Gasteiger partial charge in [-0.2, -0.15) is 0 Å². The van der Waals surface area contributed by atoms with Gasteiger partial charge in [-0.1, -0.05) is 0 Å². The summed E-state index contributed by atoms with van der Waals surface area (Å²) in [5, 5.41) is 1.52.